The number of amides is 1. The van der Waals surface area contributed by atoms with Crippen LogP contribution in [0, 0.1) is 13.8 Å². The molecule has 1 N–H and O–H groups in total. The van der Waals surface area contributed by atoms with Gasteiger partial charge in [-0.3, -0.25) is 4.79 Å². The maximum Gasteiger partial charge on any atom is 0.228 e. The van der Waals surface area contributed by atoms with E-state index >= 15 is 0 Å². The SMILES string of the molecule is Cc1cccc(NC(=O)Cc2cn(C)c3ccccc23)c1C. The molecule has 0 saturated heterocycles. The third kappa shape index (κ3) is 2.62. The van der Waals surface area contributed by atoms with E-state index in [9.17, 15) is 4.79 Å². The first-order valence-corrected chi connectivity index (χ1v) is 7.45. The second-order valence-corrected chi connectivity index (χ2v) is 5.75. The fourth-order valence-electron chi connectivity index (χ4n) is 2.82. The summed E-state index contributed by atoms with van der Waals surface area (Å²) in [5.74, 6) is 0.0186. The Balaban J connectivity index is 1.83. The lowest BCUT2D eigenvalue weighted by Crippen LogP contribution is -2.15. The first kappa shape index (κ1) is 14.4. The van der Waals surface area contributed by atoms with Crippen molar-refractivity contribution in [2.75, 3.05) is 5.32 Å². The second-order valence-electron chi connectivity index (χ2n) is 5.75. The molecule has 0 atom stereocenters. The van der Waals surface area contributed by atoms with Crippen LogP contribution in [0.2, 0.25) is 0 Å². The number of hydrogen-bond donors (Lipinski definition) is 1. The topological polar surface area (TPSA) is 34.0 Å². The number of aryl methyl sites for hydroxylation is 2. The average Bonchev–Trinajstić information content (AvgIpc) is 2.81. The molecule has 112 valence electrons. The molecule has 1 heterocycles. The summed E-state index contributed by atoms with van der Waals surface area (Å²) in [5, 5.41) is 4.17. The Hall–Kier alpha value is -2.55. The van der Waals surface area contributed by atoms with Crippen molar-refractivity contribution in [2.45, 2.75) is 20.3 Å². The third-order valence-electron chi connectivity index (χ3n) is 4.21. The van der Waals surface area contributed by atoms with E-state index in [1.54, 1.807) is 0 Å². The smallest absolute Gasteiger partial charge is 0.228 e. The molecule has 3 rings (SSSR count). The van der Waals surface area contributed by atoms with Crippen molar-refractivity contribution in [3.63, 3.8) is 0 Å². The molecule has 22 heavy (non-hydrogen) atoms. The van der Waals surface area contributed by atoms with Gasteiger partial charge < -0.3 is 9.88 Å². The fourth-order valence-corrected chi connectivity index (χ4v) is 2.82. The Morgan fingerprint density at radius 1 is 1.09 bits per heavy atom. The molecule has 3 aromatic rings. The predicted octanol–water partition coefficient (Wildman–Crippen LogP) is 3.98. The zero-order chi connectivity index (χ0) is 15.7. The van der Waals surface area contributed by atoms with Crippen LogP contribution in [0.25, 0.3) is 10.9 Å². The lowest BCUT2D eigenvalue weighted by atomic mass is 10.1. The van der Waals surface area contributed by atoms with Crippen molar-refractivity contribution in [3.05, 3.63) is 65.4 Å². The number of carbonyl (C=O) groups is 1. The van der Waals surface area contributed by atoms with Crippen LogP contribution in [0.5, 0.6) is 0 Å². The van der Waals surface area contributed by atoms with Gasteiger partial charge in [-0.05, 0) is 42.7 Å². The minimum absolute atomic E-state index is 0.0186. The van der Waals surface area contributed by atoms with Gasteiger partial charge in [0.2, 0.25) is 5.91 Å². The molecule has 0 aliphatic heterocycles. The van der Waals surface area contributed by atoms with E-state index in [-0.39, 0.29) is 5.91 Å². The molecule has 0 saturated carbocycles. The minimum atomic E-state index is 0.0186. The number of nitrogens with one attached hydrogen (secondary N) is 1. The fraction of sp³-hybridized carbons (Fsp3) is 0.211. The van der Waals surface area contributed by atoms with Crippen LogP contribution in [-0.4, -0.2) is 10.5 Å². The molecule has 0 bridgehead atoms. The van der Waals surface area contributed by atoms with Crippen molar-refractivity contribution in [1.82, 2.24) is 4.57 Å². The van der Waals surface area contributed by atoms with Gasteiger partial charge in [-0.25, -0.2) is 0 Å². The van der Waals surface area contributed by atoms with Crippen LogP contribution >= 0.6 is 0 Å². The average molecular weight is 292 g/mol. The zero-order valence-corrected chi connectivity index (χ0v) is 13.2. The molecule has 0 fully saturated rings. The largest absolute Gasteiger partial charge is 0.350 e. The lowest BCUT2D eigenvalue weighted by molar-refractivity contribution is -0.115. The van der Waals surface area contributed by atoms with Gasteiger partial charge in [-0.1, -0.05) is 30.3 Å². The number of benzene rings is 2. The number of nitrogens with zero attached hydrogens (tertiary/aromatic N) is 1. The summed E-state index contributed by atoms with van der Waals surface area (Å²) in [5.41, 5.74) is 5.40. The predicted molar refractivity (Wildman–Crippen MR) is 91.2 cm³/mol. The molecule has 1 aromatic heterocycles. The Morgan fingerprint density at radius 3 is 2.68 bits per heavy atom. The number of hydrogen-bond acceptors (Lipinski definition) is 1. The Kier molecular flexibility index (Phi) is 3.72. The summed E-state index contributed by atoms with van der Waals surface area (Å²) in [4.78, 5) is 12.4. The summed E-state index contributed by atoms with van der Waals surface area (Å²) in [6, 6.07) is 14.1. The summed E-state index contributed by atoms with van der Waals surface area (Å²) >= 11 is 0. The molecular weight excluding hydrogens is 272 g/mol. The molecule has 0 aliphatic carbocycles. The van der Waals surface area contributed by atoms with E-state index in [1.165, 1.54) is 5.56 Å². The molecular formula is C19H20N2O. The van der Waals surface area contributed by atoms with E-state index in [0.717, 1.165) is 27.7 Å². The maximum absolute atomic E-state index is 12.4. The van der Waals surface area contributed by atoms with Gasteiger partial charge in [0.05, 0.1) is 6.42 Å². The van der Waals surface area contributed by atoms with E-state index in [1.807, 2.05) is 44.4 Å². The van der Waals surface area contributed by atoms with Crippen LogP contribution in [-0.2, 0) is 18.3 Å². The summed E-state index contributed by atoms with van der Waals surface area (Å²) in [6.45, 7) is 4.08. The Labute approximate surface area is 130 Å². The highest BCUT2D eigenvalue weighted by Crippen LogP contribution is 2.22. The van der Waals surface area contributed by atoms with Crippen LogP contribution in [0.3, 0.4) is 0 Å². The number of para-hydroxylation sites is 1. The molecule has 3 heteroatoms. The molecule has 0 aliphatic rings. The summed E-state index contributed by atoms with van der Waals surface area (Å²) in [6.07, 6.45) is 2.42. The van der Waals surface area contributed by atoms with E-state index in [2.05, 4.69) is 35.0 Å². The minimum Gasteiger partial charge on any atom is -0.350 e. The number of anilines is 1. The van der Waals surface area contributed by atoms with E-state index < -0.39 is 0 Å². The van der Waals surface area contributed by atoms with Gasteiger partial charge in [0.1, 0.15) is 0 Å². The van der Waals surface area contributed by atoms with Gasteiger partial charge in [0, 0.05) is 29.8 Å². The van der Waals surface area contributed by atoms with Crippen LogP contribution in [0.15, 0.2) is 48.7 Å². The van der Waals surface area contributed by atoms with Crippen molar-refractivity contribution in [1.29, 1.82) is 0 Å². The zero-order valence-electron chi connectivity index (χ0n) is 13.2. The van der Waals surface area contributed by atoms with Gasteiger partial charge in [-0.2, -0.15) is 0 Å². The number of rotatable bonds is 3. The molecule has 0 spiro atoms. The quantitative estimate of drug-likeness (QED) is 0.778. The first-order chi connectivity index (χ1) is 10.6. The molecule has 2 aromatic carbocycles. The highest BCUT2D eigenvalue weighted by atomic mass is 16.1. The summed E-state index contributed by atoms with van der Waals surface area (Å²) < 4.78 is 2.07. The Bertz CT molecular complexity index is 846. The van der Waals surface area contributed by atoms with E-state index in [0.29, 0.717) is 6.42 Å². The van der Waals surface area contributed by atoms with Gasteiger partial charge in [0.25, 0.3) is 0 Å². The molecule has 0 unspecified atom stereocenters. The maximum atomic E-state index is 12.4. The number of carbonyl (C=O) groups excluding carboxylic acids is 1. The van der Waals surface area contributed by atoms with Crippen LogP contribution in [0.1, 0.15) is 16.7 Å². The van der Waals surface area contributed by atoms with Gasteiger partial charge in [-0.15, -0.1) is 0 Å². The Morgan fingerprint density at radius 2 is 1.86 bits per heavy atom. The van der Waals surface area contributed by atoms with Crippen molar-refractivity contribution < 1.29 is 4.79 Å². The molecule has 1 amide bonds. The van der Waals surface area contributed by atoms with Crippen LogP contribution < -0.4 is 5.32 Å². The van der Waals surface area contributed by atoms with E-state index in [4.69, 9.17) is 0 Å². The number of aromatic nitrogens is 1. The monoisotopic (exact) mass is 292 g/mol. The molecule has 0 radical (unpaired) electrons. The van der Waals surface area contributed by atoms with Crippen molar-refractivity contribution in [3.8, 4) is 0 Å². The number of fused-ring (bicyclic) bond motifs is 1. The highest BCUT2D eigenvalue weighted by molar-refractivity contribution is 5.96. The van der Waals surface area contributed by atoms with Gasteiger partial charge in [0.15, 0.2) is 0 Å². The van der Waals surface area contributed by atoms with Gasteiger partial charge >= 0.3 is 0 Å². The second kappa shape index (κ2) is 5.68. The lowest BCUT2D eigenvalue weighted by Gasteiger charge is -2.10. The van der Waals surface area contributed by atoms with Crippen molar-refractivity contribution >= 4 is 22.5 Å². The normalized spacial score (nSPS) is 10.9. The van der Waals surface area contributed by atoms with Crippen molar-refractivity contribution in [2.24, 2.45) is 7.05 Å². The molecule has 3 nitrogen and oxygen atoms in total. The van der Waals surface area contributed by atoms with Crippen LogP contribution in [0.4, 0.5) is 5.69 Å². The third-order valence-corrected chi connectivity index (χ3v) is 4.21. The standard InChI is InChI=1S/C19H20N2O/c1-13-7-6-9-17(14(13)2)20-19(22)11-15-12-21(3)18-10-5-4-8-16(15)18/h4-10,12H,11H2,1-3H3,(H,20,22). The summed E-state index contributed by atoms with van der Waals surface area (Å²) in [7, 11) is 2.01. The highest BCUT2D eigenvalue weighted by Gasteiger charge is 2.11. The first-order valence-electron chi connectivity index (χ1n) is 7.45.